The van der Waals surface area contributed by atoms with Crippen LogP contribution in [-0.4, -0.2) is 21.2 Å². The molecule has 0 radical (unpaired) electrons. The zero-order valence-corrected chi connectivity index (χ0v) is 6.84. The van der Waals surface area contributed by atoms with Gasteiger partial charge in [-0.05, 0) is 6.07 Å². The molecule has 0 aliphatic rings. The molecule has 1 aromatic heterocycles. The standard InChI is InChI=1S/C8H10N2O3/c9-6(3-8(12)13)5-1-2-10-4-7(5)11/h1-2,4,6,11H,3,9H2,(H,12,13)/t6-/m0/s1. The molecule has 1 rings (SSSR count). The van der Waals surface area contributed by atoms with Gasteiger partial charge in [0.25, 0.3) is 0 Å². The number of rotatable bonds is 3. The predicted molar refractivity (Wildman–Crippen MR) is 45.1 cm³/mol. The first kappa shape index (κ1) is 9.47. The van der Waals surface area contributed by atoms with Gasteiger partial charge in [0.2, 0.25) is 0 Å². The van der Waals surface area contributed by atoms with Gasteiger partial charge >= 0.3 is 5.97 Å². The molecule has 4 N–H and O–H groups in total. The van der Waals surface area contributed by atoms with Crippen molar-refractivity contribution in [1.29, 1.82) is 0 Å². The number of carbonyl (C=O) groups is 1. The van der Waals surface area contributed by atoms with Gasteiger partial charge in [-0.1, -0.05) is 0 Å². The number of carboxylic acid groups (broad SMARTS) is 1. The van der Waals surface area contributed by atoms with E-state index in [0.29, 0.717) is 5.56 Å². The predicted octanol–water partition coefficient (Wildman–Crippen LogP) is 0.262. The van der Waals surface area contributed by atoms with E-state index >= 15 is 0 Å². The minimum atomic E-state index is -0.997. The molecule has 0 aliphatic heterocycles. The summed E-state index contributed by atoms with van der Waals surface area (Å²) < 4.78 is 0. The van der Waals surface area contributed by atoms with Crippen molar-refractivity contribution < 1.29 is 15.0 Å². The van der Waals surface area contributed by atoms with E-state index in [9.17, 15) is 9.90 Å². The molecule has 0 saturated heterocycles. The summed E-state index contributed by atoms with van der Waals surface area (Å²) in [5, 5.41) is 17.7. The van der Waals surface area contributed by atoms with Crippen LogP contribution in [0.3, 0.4) is 0 Å². The molecule has 70 valence electrons. The van der Waals surface area contributed by atoms with E-state index in [1.54, 1.807) is 0 Å². The molecule has 0 aliphatic carbocycles. The van der Waals surface area contributed by atoms with Gasteiger partial charge in [0.15, 0.2) is 0 Å². The number of carboxylic acids is 1. The number of pyridine rings is 1. The second-order valence-electron chi connectivity index (χ2n) is 2.64. The Morgan fingerprint density at radius 3 is 2.92 bits per heavy atom. The Bertz CT molecular complexity index is 314. The molecule has 5 nitrogen and oxygen atoms in total. The molecule has 5 heteroatoms. The number of aromatic hydroxyl groups is 1. The van der Waals surface area contributed by atoms with Crippen LogP contribution in [-0.2, 0) is 4.79 Å². The smallest absolute Gasteiger partial charge is 0.305 e. The molecule has 0 bridgehead atoms. The first-order valence-corrected chi connectivity index (χ1v) is 3.71. The molecule has 0 unspecified atom stereocenters. The van der Waals surface area contributed by atoms with Gasteiger partial charge in [0.1, 0.15) is 5.75 Å². The van der Waals surface area contributed by atoms with Crippen LogP contribution < -0.4 is 5.73 Å². The quantitative estimate of drug-likeness (QED) is 0.623. The minimum Gasteiger partial charge on any atom is -0.506 e. The number of aromatic nitrogens is 1. The van der Waals surface area contributed by atoms with Crippen LogP contribution in [0, 0.1) is 0 Å². The Kier molecular flexibility index (Phi) is 2.81. The highest BCUT2D eigenvalue weighted by Gasteiger charge is 2.13. The van der Waals surface area contributed by atoms with E-state index in [4.69, 9.17) is 10.8 Å². The molecule has 0 aromatic carbocycles. The topological polar surface area (TPSA) is 96.4 Å². The third-order valence-electron chi connectivity index (χ3n) is 1.63. The van der Waals surface area contributed by atoms with Gasteiger partial charge in [-0.2, -0.15) is 0 Å². The van der Waals surface area contributed by atoms with Crippen LogP contribution in [0.25, 0.3) is 0 Å². The zero-order valence-electron chi connectivity index (χ0n) is 6.84. The van der Waals surface area contributed by atoms with E-state index in [1.807, 2.05) is 0 Å². The summed E-state index contributed by atoms with van der Waals surface area (Å²) in [6.07, 6.45) is 2.48. The van der Waals surface area contributed by atoms with E-state index in [0.717, 1.165) is 0 Å². The Labute approximate surface area is 74.8 Å². The van der Waals surface area contributed by atoms with Crippen molar-refractivity contribution in [3.05, 3.63) is 24.0 Å². The number of aliphatic carboxylic acids is 1. The van der Waals surface area contributed by atoms with Crippen LogP contribution in [0.15, 0.2) is 18.5 Å². The second kappa shape index (κ2) is 3.86. The van der Waals surface area contributed by atoms with Crippen LogP contribution >= 0.6 is 0 Å². The molecule has 0 amide bonds. The lowest BCUT2D eigenvalue weighted by atomic mass is 10.1. The van der Waals surface area contributed by atoms with Gasteiger partial charge in [-0.3, -0.25) is 9.78 Å². The maximum Gasteiger partial charge on any atom is 0.305 e. The maximum atomic E-state index is 10.3. The van der Waals surface area contributed by atoms with E-state index < -0.39 is 12.0 Å². The monoisotopic (exact) mass is 182 g/mol. The summed E-state index contributed by atoms with van der Waals surface area (Å²) in [6.45, 7) is 0. The lowest BCUT2D eigenvalue weighted by Crippen LogP contribution is -2.15. The molecule has 1 atom stereocenters. The molecule has 0 fully saturated rings. The lowest BCUT2D eigenvalue weighted by Gasteiger charge is -2.09. The first-order chi connectivity index (χ1) is 6.11. The van der Waals surface area contributed by atoms with Crippen molar-refractivity contribution in [2.45, 2.75) is 12.5 Å². The molecular formula is C8H10N2O3. The summed E-state index contributed by atoms with van der Waals surface area (Å²) in [4.78, 5) is 14.0. The fraction of sp³-hybridized carbons (Fsp3) is 0.250. The van der Waals surface area contributed by atoms with Gasteiger partial charge in [-0.25, -0.2) is 0 Å². The van der Waals surface area contributed by atoms with Gasteiger partial charge < -0.3 is 15.9 Å². The van der Waals surface area contributed by atoms with Crippen LogP contribution in [0.5, 0.6) is 5.75 Å². The first-order valence-electron chi connectivity index (χ1n) is 3.71. The van der Waals surface area contributed by atoms with E-state index in [-0.39, 0.29) is 12.2 Å². The highest BCUT2D eigenvalue weighted by Crippen LogP contribution is 2.22. The van der Waals surface area contributed by atoms with E-state index in [2.05, 4.69) is 4.98 Å². The summed E-state index contributed by atoms with van der Waals surface area (Å²) in [5.74, 6) is -1.07. The third kappa shape index (κ3) is 2.41. The number of nitrogens with two attached hydrogens (primary N) is 1. The van der Waals surface area contributed by atoms with Gasteiger partial charge in [-0.15, -0.1) is 0 Å². The number of nitrogens with zero attached hydrogens (tertiary/aromatic N) is 1. The normalized spacial score (nSPS) is 12.4. The largest absolute Gasteiger partial charge is 0.506 e. The second-order valence-corrected chi connectivity index (χ2v) is 2.64. The van der Waals surface area contributed by atoms with Crippen LogP contribution in [0.4, 0.5) is 0 Å². The number of hydrogen-bond acceptors (Lipinski definition) is 4. The zero-order chi connectivity index (χ0) is 9.84. The third-order valence-corrected chi connectivity index (χ3v) is 1.63. The summed E-state index contributed by atoms with van der Waals surface area (Å²) in [7, 11) is 0. The lowest BCUT2D eigenvalue weighted by molar-refractivity contribution is -0.137. The average Bonchev–Trinajstić information content (AvgIpc) is 2.03. The fourth-order valence-corrected chi connectivity index (χ4v) is 1.01. The van der Waals surface area contributed by atoms with Crippen molar-refractivity contribution in [3.63, 3.8) is 0 Å². The van der Waals surface area contributed by atoms with Crippen LogP contribution in [0.2, 0.25) is 0 Å². The number of hydrogen-bond donors (Lipinski definition) is 3. The maximum absolute atomic E-state index is 10.3. The SMILES string of the molecule is N[C@@H](CC(=O)O)c1ccncc1O. The summed E-state index contributed by atoms with van der Waals surface area (Å²) in [6, 6.07) is 0.809. The molecular weight excluding hydrogens is 172 g/mol. The Balaban J connectivity index is 2.82. The fourth-order valence-electron chi connectivity index (χ4n) is 1.01. The summed E-state index contributed by atoms with van der Waals surface area (Å²) >= 11 is 0. The molecule has 13 heavy (non-hydrogen) atoms. The minimum absolute atomic E-state index is 0.0729. The average molecular weight is 182 g/mol. The highest BCUT2D eigenvalue weighted by molar-refractivity contribution is 5.68. The Morgan fingerprint density at radius 1 is 1.69 bits per heavy atom. The van der Waals surface area contributed by atoms with Crippen LogP contribution in [0.1, 0.15) is 18.0 Å². The van der Waals surface area contributed by atoms with Crippen molar-refractivity contribution in [2.75, 3.05) is 0 Å². The Morgan fingerprint density at radius 2 is 2.38 bits per heavy atom. The van der Waals surface area contributed by atoms with Gasteiger partial charge in [0, 0.05) is 17.8 Å². The Hall–Kier alpha value is -1.62. The van der Waals surface area contributed by atoms with Crippen molar-refractivity contribution in [3.8, 4) is 5.75 Å². The molecule has 1 aromatic rings. The highest BCUT2D eigenvalue weighted by atomic mass is 16.4. The van der Waals surface area contributed by atoms with E-state index in [1.165, 1.54) is 18.5 Å². The molecule has 0 saturated carbocycles. The van der Waals surface area contributed by atoms with Crippen molar-refractivity contribution in [1.82, 2.24) is 4.98 Å². The summed E-state index contributed by atoms with van der Waals surface area (Å²) in [5.41, 5.74) is 5.93. The molecule has 1 heterocycles. The van der Waals surface area contributed by atoms with Crippen molar-refractivity contribution in [2.24, 2.45) is 5.73 Å². The van der Waals surface area contributed by atoms with Gasteiger partial charge in [0.05, 0.1) is 12.6 Å². The van der Waals surface area contributed by atoms with Crippen molar-refractivity contribution >= 4 is 5.97 Å². The molecule has 0 spiro atoms.